The molecule has 0 aliphatic carbocycles. The molecule has 6 nitrogen and oxygen atoms in total. The molecule has 1 atom stereocenters. The standard InChI is InChI=1S/C19H22F2NO5P/c1-4-24-28(23,25-5-2)18(14-8-6-13(3)7-9-14)22-15-10-11-16-17(12-15)27-19(20,21)26-16/h6-12,18,22H,4-5H2,1-3H3. The number of hydrogen-bond acceptors (Lipinski definition) is 6. The highest BCUT2D eigenvalue weighted by atomic mass is 31.2. The smallest absolute Gasteiger partial charge is 0.395 e. The van der Waals surface area contributed by atoms with Gasteiger partial charge in [0.1, 0.15) is 0 Å². The highest BCUT2D eigenvalue weighted by Crippen LogP contribution is 2.61. The van der Waals surface area contributed by atoms with Crippen molar-refractivity contribution in [3.63, 3.8) is 0 Å². The molecule has 2 aromatic carbocycles. The number of alkyl halides is 2. The summed E-state index contributed by atoms with van der Waals surface area (Å²) in [6, 6.07) is 11.7. The second-order valence-corrected chi connectivity index (χ2v) is 8.27. The van der Waals surface area contributed by atoms with Crippen LogP contribution >= 0.6 is 7.60 Å². The van der Waals surface area contributed by atoms with Gasteiger partial charge in [-0.3, -0.25) is 4.57 Å². The summed E-state index contributed by atoms with van der Waals surface area (Å²) < 4.78 is 59.9. The van der Waals surface area contributed by atoms with Crippen LogP contribution in [0.2, 0.25) is 0 Å². The fraction of sp³-hybridized carbons (Fsp3) is 0.368. The minimum Gasteiger partial charge on any atom is -0.395 e. The van der Waals surface area contributed by atoms with Crippen molar-refractivity contribution in [1.29, 1.82) is 0 Å². The maximum atomic E-state index is 13.5. The van der Waals surface area contributed by atoms with Crippen LogP contribution in [0.3, 0.4) is 0 Å². The Kier molecular flexibility index (Phi) is 5.93. The summed E-state index contributed by atoms with van der Waals surface area (Å²) in [5.41, 5.74) is 2.12. The predicted molar refractivity (Wildman–Crippen MR) is 101 cm³/mol. The van der Waals surface area contributed by atoms with Crippen molar-refractivity contribution < 1.29 is 31.9 Å². The normalized spacial score (nSPS) is 16.0. The number of hydrogen-bond donors (Lipinski definition) is 1. The molecule has 0 radical (unpaired) electrons. The molecule has 0 amide bonds. The maximum Gasteiger partial charge on any atom is 0.586 e. The van der Waals surface area contributed by atoms with Gasteiger partial charge in [0.25, 0.3) is 0 Å². The third-order valence-electron chi connectivity index (χ3n) is 4.03. The van der Waals surface area contributed by atoms with Crippen LogP contribution in [0.15, 0.2) is 42.5 Å². The van der Waals surface area contributed by atoms with E-state index in [1.54, 1.807) is 13.8 Å². The molecule has 3 rings (SSSR count). The molecule has 0 bridgehead atoms. The zero-order valence-electron chi connectivity index (χ0n) is 15.8. The van der Waals surface area contributed by atoms with Crippen LogP contribution in [0.4, 0.5) is 14.5 Å². The molecular weight excluding hydrogens is 391 g/mol. The fourth-order valence-corrected chi connectivity index (χ4v) is 4.77. The van der Waals surface area contributed by atoms with Gasteiger partial charge in [-0.15, -0.1) is 8.78 Å². The first kappa shape index (κ1) is 20.6. The van der Waals surface area contributed by atoms with Crippen molar-refractivity contribution in [2.24, 2.45) is 0 Å². The monoisotopic (exact) mass is 413 g/mol. The minimum atomic E-state index is -3.71. The number of halogens is 2. The van der Waals surface area contributed by atoms with Gasteiger partial charge in [0, 0.05) is 11.8 Å². The molecule has 9 heteroatoms. The molecule has 1 aliphatic heterocycles. The largest absolute Gasteiger partial charge is 0.586 e. The Labute approximate surface area is 162 Å². The van der Waals surface area contributed by atoms with E-state index in [1.807, 2.05) is 31.2 Å². The van der Waals surface area contributed by atoms with Crippen LogP contribution in [0, 0.1) is 6.92 Å². The summed E-state index contributed by atoms with van der Waals surface area (Å²) in [4.78, 5) is 0. The van der Waals surface area contributed by atoms with E-state index in [9.17, 15) is 13.3 Å². The highest BCUT2D eigenvalue weighted by molar-refractivity contribution is 7.54. The van der Waals surface area contributed by atoms with E-state index < -0.39 is 19.7 Å². The van der Waals surface area contributed by atoms with Crippen LogP contribution in [-0.2, 0) is 13.6 Å². The van der Waals surface area contributed by atoms with Crippen LogP contribution < -0.4 is 14.8 Å². The second-order valence-electron chi connectivity index (χ2n) is 6.16. The van der Waals surface area contributed by atoms with E-state index >= 15 is 0 Å². The number of ether oxygens (including phenoxy) is 2. The summed E-state index contributed by atoms with van der Waals surface area (Å²) in [6.07, 6.45) is -3.71. The molecule has 0 aromatic heterocycles. The van der Waals surface area contributed by atoms with Gasteiger partial charge < -0.3 is 23.8 Å². The number of rotatable bonds is 8. The van der Waals surface area contributed by atoms with E-state index in [2.05, 4.69) is 14.8 Å². The van der Waals surface area contributed by atoms with Crippen LogP contribution in [0.5, 0.6) is 11.5 Å². The zero-order chi connectivity index (χ0) is 20.4. The molecule has 152 valence electrons. The lowest BCUT2D eigenvalue weighted by atomic mass is 10.1. The molecule has 0 saturated carbocycles. The Hall–Kier alpha value is -2.15. The lowest BCUT2D eigenvalue weighted by Gasteiger charge is -2.28. The van der Waals surface area contributed by atoms with E-state index in [0.29, 0.717) is 11.3 Å². The van der Waals surface area contributed by atoms with E-state index in [0.717, 1.165) is 5.56 Å². The van der Waals surface area contributed by atoms with Gasteiger partial charge in [-0.2, -0.15) is 0 Å². The predicted octanol–water partition coefficient (Wildman–Crippen LogP) is 5.69. The van der Waals surface area contributed by atoms with Crippen molar-refractivity contribution >= 4 is 13.3 Å². The molecule has 1 unspecified atom stereocenters. The number of benzene rings is 2. The van der Waals surface area contributed by atoms with Crippen LogP contribution in [-0.4, -0.2) is 19.5 Å². The van der Waals surface area contributed by atoms with Gasteiger partial charge in [0.05, 0.1) is 13.2 Å². The Morgan fingerprint density at radius 1 is 1.04 bits per heavy atom. The van der Waals surface area contributed by atoms with Gasteiger partial charge in [0.15, 0.2) is 17.3 Å². The Morgan fingerprint density at radius 3 is 2.25 bits per heavy atom. The van der Waals surface area contributed by atoms with Crippen molar-refractivity contribution in [2.45, 2.75) is 32.8 Å². The Bertz CT molecular complexity index is 865. The highest BCUT2D eigenvalue weighted by Gasteiger charge is 2.44. The SMILES string of the molecule is CCOP(=O)(OCC)C(Nc1ccc2c(c1)OC(F)(F)O2)c1ccc(C)cc1. The average Bonchev–Trinajstić information content (AvgIpc) is 2.94. The van der Waals surface area contributed by atoms with E-state index in [4.69, 9.17) is 9.05 Å². The molecule has 28 heavy (non-hydrogen) atoms. The number of fused-ring (bicyclic) bond motifs is 1. The van der Waals surface area contributed by atoms with Crippen molar-refractivity contribution in [3.8, 4) is 11.5 Å². The molecular formula is C19H22F2NO5P. The number of aryl methyl sites for hydroxylation is 1. The van der Waals surface area contributed by atoms with Crippen molar-refractivity contribution in [1.82, 2.24) is 0 Å². The fourth-order valence-electron chi connectivity index (χ4n) is 2.84. The molecule has 2 aromatic rings. The van der Waals surface area contributed by atoms with Gasteiger partial charge in [0.2, 0.25) is 0 Å². The molecule has 1 aliphatic rings. The second kappa shape index (κ2) is 8.07. The molecule has 0 spiro atoms. The zero-order valence-corrected chi connectivity index (χ0v) is 16.7. The van der Waals surface area contributed by atoms with Crippen molar-refractivity contribution in [3.05, 3.63) is 53.6 Å². The molecule has 1 N–H and O–H groups in total. The summed E-state index contributed by atoms with van der Waals surface area (Å²) in [6.45, 7) is 5.76. The lowest BCUT2D eigenvalue weighted by molar-refractivity contribution is -0.286. The van der Waals surface area contributed by atoms with E-state index in [1.165, 1.54) is 18.2 Å². The first-order valence-electron chi connectivity index (χ1n) is 8.88. The Morgan fingerprint density at radius 2 is 1.64 bits per heavy atom. The first-order chi connectivity index (χ1) is 13.3. The van der Waals surface area contributed by atoms with Crippen LogP contribution in [0.25, 0.3) is 0 Å². The minimum absolute atomic E-state index is 0.0692. The third kappa shape index (κ3) is 4.46. The quantitative estimate of drug-likeness (QED) is 0.561. The number of nitrogens with one attached hydrogen (secondary N) is 1. The summed E-state index contributed by atoms with van der Waals surface area (Å²) in [5.74, 6) is -1.02. The van der Waals surface area contributed by atoms with Crippen LogP contribution in [0.1, 0.15) is 30.8 Å². The molecule has 1 heterocycles. The Balaban J connectivity index is 1.96. The van der Waals surface area contributed by atoms with Gasteiger partial charge in [-0.1, -0.05) is 29.8 Å². The van der Waals surface area contributed by atoms with Gasteiger partial charge in [-0.25, -0.2) is 0 Å². The van der Waals surface area contributed by atoms with Gasteiger partial charge >= 0.3 is 13.9 Å². The topological polar surface area (TPSA) is 66.0 Å². The van der Waals surface area contributed by atoms with Gasteiger partial charge in [-0.05, 0) is 38.5 Å². The summed E-state index contributed by atoms with van der Waals surface area (Å²) >= 11 is 0. The average molecular weight is 413 g/mol. The first-order valence-corrected chi connectivity index (χ1v) is 10.5. The third-order valence-corrected chi connectivity index (χ3v) is 6.33. The number of anilines is 1. The maximum absolute atomic E-state index is 13.5. The molecule has 0 saturated heterocycles. The van der Waals surface area contributed by atoms with E-state index in [-0.39, 0.29) is 24.7 Å². The molecule has 0 fully saturated rings. The summed E-state index contributed by atoms with van der Waals surface area (Å²) in [5, 5.41) is 3.09. The van der Waals surface area contributed by atoms with Crippen molar-refractivity contribution in [2.75, 3.05) is 18.5 Å². The summed E-state index contributed by atoms with van der Waals surface area (Å²) in [7, 11) is -3.61. The lowest BCUT2D eigenvalue weighted by Crippen LogP contribution is -2.25.